The maximum atomic E-state index is 12.3. The Kier molecular flexibility index (Phi) is 7.62. The van der Waals surface area contributed by atoms with Crippen LogP contribution in [0.5, 0.6) is 0 Å². The zero-order valence-electron chi connectivity index (χ0n) is 13.1. The Morgan fingerprint density at radius 2 is 1.87 bits per heavy atom. The minimum atomic E-state index is -0.974. The van der Waals surface area contributed by atoms with E-state index in [0.29, 0.717) is 11.8 Å². The Morgan fingerprint density at radius 3 is 2.39 bits per heavy atom. The van der Waals surface area contributed by atoms with Crippen molar-refractivity contribution in [2.75, 3.05) is 14.2 Å². The van der Waals surface area contributed by atoms with Gasteiger partial charge in [-0.3, -0.25) is 9.59 Å². The first kappa shape index (κ1) is 18.5. The highest BCUT2D eigenvalue weighted by Crippen LogP contribution is 2.17. The second-order valence-electron chi connectivity index (χ2n) is 4.76. The van der Waals surface area contributed by atoms with Crippen LogP contribution in [0.2, 0.25) is 0 Å². The lowest BCUT2D eigenvalue weighted by Crippen LogP contribution is -2.44. The van der Waals surface area contributed by atoms with E-state index in [4.69, 9.17) is 10.1 Å². The van der Waals surface area contributed by atoms with Gasteiger partial charge in [0.15, 0.2) is 11.9 Å². The van der Waals surface area contributed by atoms with Crippen LogP contribution in [0.3, 0.4) is 0 Å². The number of Topliss-reactive ketones (excluding diaryl/α,β-unsaturated/α-hetero) is 1. The first-order chi connectivity index (χ1) is 11.0. The predicted octanol–water partition coefficient (Wildman–Crippen LogP) is 1.03. The zero-order chi connectivity index (χ0) is 17.2. The first-order valence-corrected chi connectivity index (χ1v) is 7.02. The monoisotopic (exact) mass is 320 g/mol. The van der Waals surface area contributed by atoms with Gasteiger partial charge in [0.25, 0.3) is 5.91 Å². The van der Waals surface area contributed by atoms with Crippen molar-refractivity contribution in [3.05, 3.63) is 35.9 Å². The van der Waals surface area contributed by atoms with Gasteiger partial charge in [-0.25, -0.2) is 4.79 Å². The van der Waals surface area contributed by atoms with E-state index >= 15 is 0 Å². The van der Waals surface area contributed by atoms with Gasteiger partial charge in [0.05, 0.1) is 13.3 Å². The van der Waals surface area contributed by atoms with Crippen molar-refractivity contribution in [3.8, 4) is 0 Å². The SMILES string of the molecule is COC(=O)[C@H](CCC(=O)C=N)NC(=O)[C@@H](OC)c1ccccc1. The highest BCUT2D eigenvalue weighted by Gasteiger charge is 2.27. The molecule has 7 nitrogen and oxygen atoms in total. The molecule has 1 aromatic rings. The summed E-state index contributed by atoms with van der Waals surface area (Å²) in [5.41, 5.74) is 0.645. The van der Waals surface area contributed by atoms with E-state index in [9.17, 15) is 14.4 Å². The van der Waals surface area contributed by atoms with Crippen LogP contribution in [0.4, 0.5) is 0 Å². The number of rotatable bonds is 9. The van der Waals surface area contributed by atoms with Gasteiger partial charge in [-0.05, 0) is 12.0 Å². The number of nitrogens with one attached hydrogen (secondary N) is 2. The van der Waals surface area contributed by atoms with Crippen LogP contribution in [0.1, 0.15) is 24.5 Å². The molecule has 1 rings (SSSR count). The van der Waals surface area contributed by atoms with Gasteiger partial charge in [-0.2, -0.15) is 0 Å². The molecule has 0 fully saturated rings. The number of esters is 1. The topological polar surface area (TPSA) is 106 Å². The van der Waals surface area contributed by atoms with E-state index < -0.39 is 29.8 Å². The number of methoxy groups -OCH3 is 2. The van der Waals surface area contributed by atoms with Gasteiger partial charge < -0.3 is 20.2 Å². The third-order valence-corrected chi connectivity index (χ3v) is 3.22. The van der Waals surface area contributed by atoms with Crippen LogP contribution in [0.25, 0.3) is 0 Å². The second-order valence-corrected chi connectivity index (χ2v) is 4.76. The number of amides is 1. The van der Waals surface area contributed by atoms with Crippen molar-refractivity contribution < 1.29 is 23.9 Å². The van der Waals surface area contributed by atoms with Crippen molar-refractivity contribution in [3.63, 3.8) is 0 Å². The molecule has 0 aliphatic carbocycles. The smallest absolute Gasteiger partial charge is 0.328 e. The van der Waals surface area contributed by atoms with Gasteiger partial charge in [0.2, 0.25) is 0 Å². The highest BCUT2D eigenvalue weighted by molar-refractivity contribution is 6.26. The number of ether oxygens (including phenoxy) is 2. The predicted molar refractivity (Wildman–Crippen MR) is 83.2 cm³/mol. The van der Waals surface area contributed by atoms with Crippen LogP contribution in [0, 0.1) is 5.41 Å². The summed E-state index contributed by atoms with van der Waals surface area (Å²) in [5, 5.41) is 9.39. The van der Waals surface area contributed by atoms with Gasteiger partial charge in [0, 0.05) is 13.5 Å². The largest absolute Gasteiger partial charge is 0.467 e. The van der Waals surface area contributed by atoms with Crippen LogP contribution < -0.4 is 5.32 Å². The molecule has 2 N–H and O–H groups in total. The summed E-state index contributed by atoms with van der Waals surface area (Å²) in [7, 11) is 2.59. The fourth-order valence-electron chi connectivity index (χ4n) is 2.02. The fraction of sp³-hybridized carbons (Fsp3) is 0.375. The molecular formula is C16H20N2O5. The fourth-order valence-corrected chi connectivity index (χ4v) is 2.02. The minimum Gasteiger partial charge on any atom is -0.467 e. The van der Waals surface area contributed by atoms with Gasteiger partial charge in [-0.15, -0.1) is 0 Å². The summed E-state index contributed by atoms with van der Waals surface area (Å²) >= 11 is 0. The molecule has 0 saturated carbocycles. The van der Waals surface area contributed by atoms with Crippen molar-refractivity contribution in [2.45, 2.75) is 25.0 Å². The highest BCUT2D eigenvalue weighted by atomic mass is 16.5. The number of carbonyl (C=O) groups excluding carboxylic acids is 3. The van der Waals surface area contributed by atoms with Gasteiger partial charge in [0.1, 0.15) is 6.04 Å². The van der Waals surface area contributed by atoms with Gasteiger partial charge in [-0.1, -0.05) is 30.3 Å². The van der Waals surface area contributed by atoms with Crippen LogP contribution in [0.15, 0.2) is 30.3 Å². The molecule has 0 spiro atoms. The number of hydrogen-bond donors (Lipinski definition) is 2. The Balaban J connectivity index is 2.80. The van der Waals surface area contributed by atoms with Crippen molar-refractivity contribution >= 4 is 23.9 Å². The molecule has 7 heteroatoms. The summed E-state index contributed by atoms with van der Waals surface area (Å²) in [4.78, 5) is 35.3. The zero-order valence-corrected chi connectivity index (χ0v) is 13.1. The molecule has 0 aliphatic rings. The molecule has 0 aromatic heterocycles. The van der Waals surface area contributed by atoms with E-state index in [0.717, 1.165) is 0 Å². The van der Waals surface area contributed by atoms with E-state index in [1.807, 2.05) is 6.07 Å². The summed E-state index contributed by atoms with van der Waals surface area (Å²) in [6.07, 6.45) is -0.176. The van der Waals surface area contributed by atoms with Crippen LogP contribution in [-0.4, -0.2) is 44.1 Å². The van der Waals surface area contributed by atoms with Crippen LogP contribution in [-0.2, 0) is 23.9 Å². The molecule has 124 valence electrons. The second kappa shape index (κ2) is 9.47. The molecule has 0 saturated heterocycles. The lowest BCUT2D eigenvalue weighted by molar-refractivity contribution is -0.147. The molecule has 0 aliphatic heterocycles. The third kappa shape index (κ3) is 5.63. The third-order valence-electron chi connectivity index (χ3n) is 3.22. The molecule has 0 radical (unpaired) electrons. The van der Waals surface area contributed by atoms with Crippen LogP contribution >= 0.6 is 0 Å². The number of ketones is 1. The van der Waals surface area contributed by atoms with Crippen molar-refractivity contribution in [1.82, 2.24) is 5.32 Å². The van der Waals surface area contributed by atoms with Crippen molar-refractivity contribution in [1.29, 1.82) is 5.41 Å². The normalized spacial score (nSPS) is 12.8. The molecular weight excluding hydrogens is 300 g/mol. The number of hydrogen-bond acceptors (Lipinski definition) is 6. The minimum absolute atomic E-state index is 0.0352. The summed E-state index contributed by atoms with van der Waals surface area (Å²) in [6, 6.07) is 7.86. The summed E-state index contributed by atoms with van der Waals surface area (Å²) in [5.74, 6) is -1.59. The molecule has 0 heterocycles. The van der Waals surface area contributed by atoms with E-state index in [2.05, 4.69) is 10.1 Å². The molecule has 0 unspecified atom stereocenters. The van der Waals surface area contributed by atoms with E-state index in [1.54, 1.807) is 24.3 Å². The molecule has 1 amide bonds. The maximum absolute atomic E-state index is 12.3. The van der Waals surface area contributed by atoms with Gasteiger partial charge >= 0.3 is 5.97 Å². The lowest BCUT2D eigenvalue weighted by Gasteiger charge is -2.20. The van der Waals surface area contributed by atoms with Crippen molar-refractivity contribution in [2.24, 2.45) is 0 Å². The Labute approximate surface area is 134 Å². The molecule has 23 heavy (non-hydrogen) atoms. The van der Waals surface area contributed by atoms with E-state index in [-0.39, 0.29) is 12.8 Å². The standard InChI is InChI=1S/C16H20N2O5/c1-22-14(11-6-4-3-5-7-11)15(20)18-13(16(21)23-2)9-8-12(19)10-17/h3-7,10,13-14,17H,8-9H2,1-2H3,(H,18,20)/t13-,14-/m0/s1. The average Bonchev–Trinajstić information content (AvgIpc) is 2.59. The number of benzene rings is 1. The van der Waals surface area contributed by atoms with E-state index in [1.165, 1.54) is 14.2 Å². The Hall–Kier alpha value is -2.54. The average molecular weight is 320 g/mol. The Bertz CT molecular complexity index is 559. The quantitative estimate of drug-likeness (QED) is 0.522. The molecule has 0 bridgehead atoms. The maximum Gasteiger partial charge on any atom is 0.328 e. The lowest BCUT2D eigenvalue weighted by atomic mass is 10.1. The first-order valence-electron chi connectivity index (χ1n) is 7.02. The molecule has 1 aromatic carbocycles. The summed E-state index contributed by atoms with van der Waals surface area (Å²) in [6.45, 7) is 0. The Morgan fingerprint density at radius 1 is 1.22 bits per heavy atom. The summed E-state index contributed by atoms with van der Waals surface area (Å²) < 4.78 is 9.83. The number of carbonyl (C=O) groups is 3. The molecule has 2 atom stereocenters.